The Morgan fingerprint density at radius 2 is 1.89 bits per heavy atom. The van der Waals surface area contributed by atoms with Crippen LogP contribution in [-0.2, 0) is 6.42 Å². The van der Waals surface area contributed by atoms with E-state index in [9.17, 15) is 15.3 Å². The Kier molecular flexibility index (Phi) is 6.02. The number of aliphatic hydroxyl groups excluding tert-OH is 2. The van der Waals surface area contributed by atoms with Crippen LogP contribution in [0.25, 0.3) is 0 Å². The molecule has 0 saturated carbocycles. The lowest BCUT2D eigenvalue weighted by molar-refractivity contribution is 0.0878. The molecule has 1 aromatic carbocycles. The molecule has 0 saturated heterocycles. The maximum absolute atomic E-state index is 9.78. The van der Waals surface area contributed by atoms with Gasteiger partial charge in [0.15, 0.2) is 0 Å². The van der Waals surface area contributed by atoms with Crippen LogP contribution in [0.5, 0.6) is 11.5 Å². The predicted octanol–water partition coefficient (Wildman–Crippen LogP) is 1.86. The van der Waals surface area contributed by atoms with E-state index in [1.165, 1.54) is 19.2 Å². The smallest absolute Gasteiger partial charge is 0.133 e. The maximum Gasteiger partial charge on any atom is 0.133 e. The first kappa shape index (κ1) is 15.4. The topological polar surface area (TPSA) is 69.9 Å². The van der Waals surface area contributed by atoms with Gasteiger partial charge in [0.05, 0.1) is 19.3 Å². The molecule has 0 amide bonds. The van der Waals surface area contributed by atoms with Crippen LogP contribution >= 0.6 is 23.2 Å². The molecule has 0 bridgehead atoms. The van der Waals surface area contributed by atoms with Crippen LogP contribution < -0.4 is 4.74 Å². The summed E-state index contributed by atoms with van der Waals surface area (Å²) in [4.78, 5) is -0.932. The number of methoxy groups -OCH3 is 1. The molecule has 1 rings (SSSR count). The van der Waals surface area contributed by atoms with Crippen molar-refractivity contribution in [3.8, 4) is 11.5 Å². The second-order valence-electron chi connectivity index (χ2n) is 4.03. The first-order valence-corrected chi connectivity index (χ1v) is 6.31. The molecule has 0 aliphatic carbocycles. The molecule has 102 valence electrons. The van der Waals surface area contributed by atoms with Crippen LogP contribution in [0, 0.1) is 0 Å². The monoisotopic (exact) mass is 294 g/mol. The Labute approximate surface area is 116 Å². The molecule has 0 radical (unpaired) electrons. The van der Waals surface area contributed by atoms with Crippen LogP contribution in [0.1, 0.15) is 12.0 Å². The van der Waals surface area contributed by atoms with Crippen molar-refractivity contribution in [1.29, 1.82) is 0 Å². The predicted molar refractivity (Wildman–Crippen MR) is 70.5 cm³/mol. The molecule has 2 atom stereocenters. The molecule has 1 aromatic rings. The highest BCUT2D eigenvalue weighted by molar-refractivity contribution is 6.44. The van der Waals surface area contributed by atoms with Gasteiger partial charge in [0.2, 0.25) is 0 Å². The van der Waals surface area contributed by atoms with Crippen molar-refractivity contribution < 1.29 is 20.1 Å². The molecular formula is C12H16Cl2O4. The average molecular weight is 295 g/mol. The van der Waals surface area contributed by atoms with Crippen LogP contribution in [0.2, 0.25) is 0 Å². The maximum atomic E-state index is 9.78. The summed E-state index contributed by atoms with van der Waals surface area (Å²) < 4.78 is 5.00. The van der Waals surface area contributed by atoms with Gasteiger partial charge in [-0.3, -0.25) is 0 Å². The van der Waals surface area contributed by atoms with E-state index in [-0.39, 0.29) is 18.6 Å². The minimum Gasteiger partial charge on any atom is -0.508 e. The minimum atomic E-state index is -0.984. The van der Waals surface area contributed by atoms with Crippen molar-refractivity contribution in [3.05, 3.63) is 23.8 Å². The zero-order chi connectivity index (χ0) is 13.7. The molecule has 0 aromatic heterocycles. The second kappa shape index (κ2) is 7.04. The Hall–Kier alpha value is -0.680. The van der Waals surface area contributed by atoms with E-state index in [0.29, 0.717) is 11.3 Å². The van der Waals surface area contributed by atoms with Gasteiger partial charge >= 0.3 is 0 Å². The van der Waals surface area contributed by atoms with E-state index >= 15 is 0 Å². The van der Waals surface area contributed by atoms with Gasteiger partial charge in [-0.25, -0.2) is 0 Å². The minimum absolute atomic E-state index is 0.0599. The Morgan fingerprint density at radius 1 is 1.22 bits per heavy atom. The quantitative estimate of drug-likeness (QED) is 0.701. The van der Waals surface area contributed by atoms with Gasteiger partial charge in [0, 0.05) is 12.5 Å². The summed E-state index contributed by atoms with van der Waals surface area (Å²) in [5.41, 5.74) is 0.701. The highest BCUT2D eigenvalue weighted by Crippen LogP contribution is 2.23. The Morgan fingerprint density at radius 3 is 2.44 bits per heavy atom. The fraction of sp³-hybridized carbons (Fsp3) is 0.500. The van der Waals surface area contributed by atoms with E-state index < -0.39 is 17.0 Å². The summed E-state index contributed by atoms with van der Waals surface area (Å²) in [6.45, 7) is 0. The van der Waals surface area contributed by atoms with Crippen LogP contribution in [0.4, 0.5) is 0 Å². The number of rotatable bonds is 6. The summed E-state index contributed by atoms with van der Waals surface area (Å²) in [7, 11) is 1.49. The molecule has 4 nitrogen and oxygen atoms in total. The van der Waals surface area contributed by atoms with Crippen LogP contribution in [0.15, 0.2) is 18.2 Å². The van der Waals surface area contributed by atoms with Gasteiger partial charge < -0.3 is 20.1 Å². The van der Waals surface area contributed by atoms with Crippen molar-refractivity contribution in [1.82, 2.24) is 0 Å². The molecule has 0 aliphatic rings. The number of aromatic hydroxyl groups is 1. The zero-order valence-electron chi connectivity index (χ0n) is 9.88. The summed E-state index contributed by atoms with van der Waals surface area (Å²) in [6, 6.07) is 4.70. The number of phenols is 1. The molecule has 18 heavy (non-hydrogen) atoms. The van der Waals surface area contributed by atoms with Gasteiger partial charge in [-0.05, 0) is 24.1 Å². The van der Waals surface area contributed by atoms with Crippen molar-refractivity contribution in [3.63, 3.8) is 0 Å². The van der Waals surface area contributed by atoms with Gasteiger partial charge in [-0.2, -0.15) is 0 Å². The van der Waals surface area contributed by atoms with E-state index in [1.54, 1.807) is 6.07 Å². The molecule has 0 spiro atoms. The number of hydrogen-bond donors (Lipinski definition) is 3. The number of halogens is 2. The fourth-order valence-corrected chi connectivity index (χ4v) is 1.82. The van der Waals surface area contributed by atoms with Gasteiger partial charge in [-0.1, -0.05) is 0 Å². The van der Waals surface area contributed by atoms with Gasteiger partial charge in [0.1, 0.15) is 16.3 Å². The number of alkyl halides is 2. The first-order chi connectivity index (χ1) is 8.42. The summed E-state index contributed by atoms with van der Waals surface area (Å²) in [5, 5.41) is 28.7. The third-order valence-electron chi connectivity index (χ3n) is 2.46. The lowest BCUT2D eigenvalue weighted by Gasteiger charge is -2.16. The largest absolute Gasteiger partial charge is 0.508 e. The van der Waals surface area contributed by atoms with E-state index in [1.807, 2.05) is 0 Å². The molecule has 3 N–H and O–H groups in total. The standard InChI is InChI=1S/C12H16Cl2O4/c1-18-10-4-7(2-8(15)5-10)3-9(16)6-11(17)12(13)14/h2,4-5,9,11-12,15-17H,3,6H2,1H3/t9-,11+/m0/s1. The lowest BCUT2D eigenvalue weighted by Crippen LogP contribution is -2.24. The second-order valence-corrected chi connectivity index (χ2v) is 5.20. The molecule has 0 fully saturated rings. The SMILES string of the molecule is COc1cc(O)cc(C[C@H](O)C[C@@H](O)C(Cl)Cl)c1. The summed E-state index contributed by atoms with van der Waals surface area (Å²) >= 11 is 11.0. The summed E-state index contributed by atoms with van der Waals surface area (Å²) in [6.07, 6.45) is -1.45. The van der Waals surface area contributed by atoms with Crippen molar-refractivity contribution in [2.45, 2.75) is 29.9 Å². The zero-order valence-corrected chi connectivity index (χ0v) is 11.4. The highest BCUT2D eigenvalue weighted by Gasteiger charge is 2.18. The van der Waals surface area contributed by atoms with Gasteiger partial charge in [0.25, 0.3) is 0 Å². The van der Waals surface area contributed by atoms with Crippen molar-refractivity contribution in [2.24, 2.45) is 0 Å². The summed E-state index contributed by atoms with van der Waals surface area (Å²) in [5.74, 6) is 0.565. The molecule has 0 heterocycles. The number of benzene rings is 1. The number of ether oxygens (including phenoxy) is 1. The third kappa shape index (κ3) is 4.90. The molecule has 0 aliphatic heterocycles. The first-order valence-electron chi connectivity index (χ1n) is 5.43. The Balaban J connectivity index is 2.63. The number of phenolic OH excluding ortho intramolecular Hbond substituents is 1. The Bertz CT molecular complexity index is 384. The van der Waals surface area contributed by atoms with Gasteiger partial charge in [-0.15, -0.1) is 23.2 Å². The normalized spacial score (nSPS) is 14.6. The highest BCUT2D eigenvalue weighted by atomic mass is 35.5. The fourth-order valence-electron chi connectivity index (χ4n) is 1.62. The molecule has 0 unspecified atom stereocenters. The van der Waals surface area contributed by atoms with Crippen molar-refractivity contribution >= 4 is 23.2 Å². The van der Waals surface area contributed by atoms with E-state index in [0.717, 1.165) is 0 Å². The number of aliphatic hydroxyl groups is 2. The lowest BCUT2D eigenvalue weighted by atomic mass is 10.0. The van der Waals surface area contributed by atoms with E-state index in [4.69, 9.17) is 27.9 Å². The van der Waals surface area contributed by atoms with Crippen LogP contribution in [0.3, 0.4) is 0 Å². The molecular weight excluding hydrogens is 279 g/mol. The van der Waals surface area contributed by atoms with Crippen molar-refractivity contribution in [2.75, 3.05) is 7.11 Å². The third-order valence-corrected chi connectivity index (χ3v) is 3.04. The van der Waals surface area contributed by atoms with Crippen LogP contribution in [-0.4, -0.2) is 39.5 Å². The average Bonchev–Trinajstić information content (AvgIpc) is 2.27. The van der Waals surface area contributed by atoms with E-state index in [2.05, 4.69) is 0 Å². The molecule has 6 heteroatoms. The number of hydrogen-bond acceptors (Lipinski definition) is 4.